The number of hydrogen-bond donors (Lipinski definition) is 0. The smallest absolute Gasteiger partial charge is 0.289 e. The summed E-state index contributed by atoms with van der Waals surface area (Å²) in [5.41, 5.74) is 2.01. The van der Waals surface area contributed by atoms with Crippen molar-refractivity contribution in [3.8, 4) is 0 Å². The Kier molecular flexibility index (Phi) is 6.56. The van der Waals surface area contributed by atoms with Gasteiger partial charge >= 0.3 is 0 Å². The maximum absolute atomic E-state index is 13.3. The van der Waals surface area contributed by atoms with Gasteiger partial charge in [0.25, 0.3) is 10.0 Å². The molecule has 1 saturated carbocycles. The SMILES string of the molecule is Cc1ccc(S(=O)(=O)N=C=C(C(=O)[C@@H]2C[C@H]2C(=O)c2ccccc2)c2ccc(Br)cc2)cc1. The van der Waals surface area contributed by atoms with Crippen molar-refractivity contribution in [2.24, 2.45) is 16.2 Å². The normalized spacial score (nSPS) is 17.0. The number of sulfonamides is 1. The highest BCUT2D eigenvalue weighted by Crippen LogP contribution is 2.44. The summed E-state index contributed by atoms with van der Waals surface area (Å²) in [6.45, 7) is 1.85. The molecule has 0 aliphatic heterocycles. The predicted octanol–water partition coefficient (Wildman–Crippen LogP) is 5.29. The molecule has 0 saturated heterocycles. The van der Waals surface area contributed by atoms with E-state index >= 15 is 0 Å². The molecule has 166 valence electrons. The number of allylic oxidation sites excluding steroid dienone is 1. The molecule has 0 unspecified atom stereocenters. The maximum Gasteiger partial charge on any atom is 0.289 e. The van der Waals surface area contributed by atoms with Crippen LogP contribution in [-0.2, 0) is 14.8 Å². The third-order valence-corrected chi connectivity index (χ3v) is 7.23. The van der Waals surface area contributed by atoms with Gasteiger partial charge in [0.15, 0.2) is 11.6 Å². The minimum absolute atomic E-state index is 0.0201. The van der Waals surface area contributed by atoms with Crippen LogP contribution in [0, 0.1) is 18.8 Å². The quantitative estimate of drug-likeness (QED) is 0.240. The zero-order valence-electron chi connectivity index (χ0n) is 17.7. The van der Waals surface area contributed by atoms with E-state index in [2.05, 4.69) is 26.2 Å². The molecule has 0 N–H and O–H groups in total. The van der Waals surface area contributed by atoms with Gasteiger partial charge in [0, 0.05) is 27.7 Å². The summed E-state index contributed by atoms with van der Waals surface area (Å²) in [4.78, 5) is 26.1. The zero-order valence-corrected chi connectivity index (χ0v) is 20.1. The van der Waals surface area contributed by atoms with Crippen molar-refractivity contribution in [3.05, 3.63) is 100 Å². The van der Waals surface area contributed by atoms with Crippen LogP contribution in [0.5, 0.6) is 0 Å². The molecule has 0 amide bonds. The standard InChI is InChI=1S/C26H20BrNO4S/c1-17-7-13-21(14-8-17)33(31,32)28-16-24(18-9-11-20(27)12-10-18)26(30)23-15-22(23)25(29)19-5-3-2-4-6-19/h2-14,22-23H,15H2,1H3/t22-,23-/m1/s1. The van der Waals surface area contributed by atoms with Crippen LogP contribution in [0.25, 0.3) is 5.57 Å². The second kappa shape index (κ2) is 9.40. The highest BCUT2D eigenvalue weighted by atomic mass is 79.9. The van der Waals surface area contributed by atoms with Crippen molar-refractivity contribution in [1.82, 2.24) is 0 Å². The minimum atomic E-state index is -4.04. The molecule has 0 bridgehead atoms. The van der Waals surface area contributed by atoms with Gasteiger partial charge in [-0.05, 0) is 43.2 Å². The molecule has 0 spiro atoms. The van der Waals surface area contributed by atoms with Gasteiger partial charge in [0.1, 0.15) is 0 Å². The number of Topliss-reactive ketones (excluding diaryl/α,β-unsaturated/α-hetero) is 2. The number of halogens is 1. The lowest BCUT2D eigenvalue weighted by Gasteiger charge is -2.05. The molecule has 5 nitrogen and oxygen atoms in total. The molecule has 3 aromatic carbocycles. The third-order valence-electron chi connectivity index (χ3n) is 5.50. The number of hydrogen-bond acceptors (Lipinski definition) is 4. The zero-order chi connectivity index (χ0) is 23.6. The van der Waals surface area contributed by atoms with Crippen LogP contribution in [0.2, 0.25) is 0 Å². The number of rotatable bonds is 7. The molecule has 0 heterocycles. The van der Waals surface area contributed by atoms with Crippen molar-refractivity contribution < 1.29 is 18.0 Å². The van der Waals surface area contributed by atoms with Crippen LogP contribution in [0.1, 0.15) is 27.9 Å². The summed E-state index contributed by atoms with van der Waals surface area (Å²) in [7, 11) is -4.04. The topological polar surface area (TPSA) is 80.6 Å². The molecule has 0 radical (unpaired) electrons. The molecule has 3 aromatic rings. The monoisotopic (exact) mass is 521 g/mol. The summed E-state index contributed by atoms with van der Waals surface area (Å²) in [5, 5.41) is 0. The second-order valence-electron chi connectivity index (χ2n) is 7.92. The lowest BCUT2D eigenvalue weighted by atomic mass is 9.98. The Bertz CT molecular complexity index is 1370. The van der Waals surface area contributed by atoms with E-state index in [1.54, 1.807) is 60.7 Å². The highest BCUT2D eigenvalue weighted by Gasteiger charge is 2.48. The van der Waals surface area contributed by atoms with E-state index < -0.39 is 21.9 Å². The first-order chi connectivity index (χ1) is 15.8. The predicted molar refractivity (Wildman–Crippen MR) is 131 cm³/mol. The van der Waals surface area contributed by atoms with Gasteiger partial charge < -0.3 is 0 Å². The van der Waals surface area contributed by atoms with E-state index in [1.165, 1.54) is 12.1 Å². The summed E-state index contributed by atoms with van der Waals surface area (Å²) in [6.07, 6.45) is 0.416. The van der Waals surface area contributed by atoms with Gasteiger partial charge in [0.05, 0.1) is 10.5 Å². The first kappa shape index (κ1) is 23.1. The molecule has 1 fully saturated rings. The Morgan fingerprint density at radius 1 is 0.879 bits per heavy atom. The van der Waals surface area contributed by atoms with Crippen LogP contribution in [-0.4, -0.2) is 25.9 Å². The average molecular weight is 522 g/mol. The van der Waals surface area contributed by atoms with Crippen molar-refractivity contribution >= 4 is 49.0 Å². The van der Waals surface area contributed by atoms with E-state index in [9.17, 15) is 18.0 Å². The number of benzene rings is 3. The van der Waals surface area contributed by atoms with E-state index in [0.29, 0.717) is 17.5 Å². The van der Waals surface area contributed by atoms with E-state index in [-0.39, 0.29) is 22.0 Å². The Hall–Kier alpha value is -3.12. The lowest BCUT2D eigenvalue weighted by Crippen LogP contribution is -2.11. The molecular weight excluding hydrogens is 502 g/mol. The van der Waals surface area contributed by atoms with E-state index in [4.69, 9.17) is 0 Å². The van der Waals surface area contributed by atoms with Crippen molar-refractivity contribution in [1.29, 1.82) is 0 Å². The van der Waals surface area contributed by atoms with Crippen LogP contribution in [0.3, 0.4) is 0 Å². The Morgan fingerprint density at radius 3 is 2.15 bits per heavy atom. The molecular formula is C26H20BrNO4S. The molecule has 1 aliphatic carbocycles. The Morgan fingerprint density at radius 2 is 1.52 bits per heavy atom. The lowest BCUT2D eigenvalue weighted by molar-refractivity contribution is -0.115. The number of carbonyl (C=O) groups is 2. The number of aryl methyl sites for hydroxylation is 1. The largest absolute Gasteiger partial charge is 0.294 e. The fourth-order valence-electron chi connectivity index (χ4n) is 3.52. The number of ketones is 2. The van der Waals surface area contributed by atoms with Gasteiger partial charge in [0.2, 0.25) is 0 Å². The van der Waals surface area contributed by atoms with Gasteiger partial charge in [-0.1, -0.05) is 76.1 Å². The van der Waals surface area contributed by atoms with Gasteiger partial charge in [-0.3, -0.25) is 9.59 Å². The van der Waals surface area contributed by atoms with E-state index in [0.717, 1.165) is 10.0 Å². The second-order valence-corrected chi connectivity index (χ2v) is 10.4. The van der Waals surface area contributed by atoms with Crippen LogP contribution >= 0.6 is 15.9 Å². The summed E-state index contributed by atoms with van der Waals surface area (Å²) < 4.78 is 29.9. The third kappa shape index (κ3) is 5.28. The number of nitrogens with zero attached hydrogens (tertiary/aromatic N) is 1. The van der Waals surface area contributed by atoms with Gasteiger partial charge in [-0.2, -0.15) is 8.42 Å². The van der Waals surface area contributed by atoms with Crippen molar-refractivity contribution in [2.75, 3.05) is 0 Å². The number of carbonyl (C=O) groups excluding carboxylic acids is 2. The molecule has 2 atom stereocenters. The molecule has 4 rings (SSSR count). The van der Waals surface area contributed by atoms with Gasteiger partial charge in [-0.15, -0.1) is 4.40 Å². The molecule has 1 aliphatic rings. The van der Waals surface area contributed by atoms with Crippen LogP contribution < -0.4 is 0 Å². The average Bonchev–Trinajstić information content (AvgIpc) is 3.61. The molecule has 0 aromatic heterocycles. The van der Waals surface area contributed by atoms with E-state index in [1.807, 2.05) is 13.0 Å². The van der Waals surface area contributed by atoms with Crippen LogP contribution in [0.4, 0.5) is 0 Å². The molecule has 7 heteroatoms. The summed E-state index contributed by atoms with van der Waals surface area (Å²) >= 11 is 3.36. The fraction of sp³-hybridized carbons (Fsp3) is 0.154. The van der Waals surface area contributed by atoms with Crippen molar-refractivity contribution in [2.45, 2.75) is 18.2 Å². The Balaban J connectivity index is 1.68. The Labute approximate surface area is 201 Å². The maximum atomic E-state index is 13.3. The van der Waals surface area contributed by atoms with Gasteiger partial charge in [-0.25, -0.2) is 0 Å². The van der Waals surface area contributed by atoms with Crippen LogP contribution in [0.15, 0.2) is 92.6 Å². The minimum Gasteiger partial charge on any atom is -0.294 e. The fourth-order valence-corrected chi connectivity index (χ4v) is 4.58. The summed E-state index contributed by atoms with van der Waals surface area (Å²) in [6, 6.07) is 22.0. The first-order valence-electron chi connectivity index (χ1n) is 10.3. The van der Waals surface area contributed by atoms with Crippen molar-refractivity contribution in [3.63, 3.8) is 0 Å². The molecule has 33 heavy (non-hydrogen) atoms. The first-order valence-corrected chi connectivity index (χ1v) is 12.6. The summed E-state index contributed by atoms with van der Waals surface area (Å²) in [5.74, 6) is 1.12. The highest BCUT2D eigenvalue weighted by molar-refractivity contribution is 9.10.